The largest absolute Gasteiger partial charge is 0.482 e. The fraction of sp³-hybridized carbons (Fsp3) is 0.467. The molecular formula is C15H20N2O5S. The van der Waals surface area contributed by atoms with Crippen LogP contribution in [0.2, 0.25) is 0 Å². The summed E-state index contributed by atoms with van der Waals surface area (Å²) in [5, 5.41) is 5.33. The Labute approximate surface area is 135 Å². The minimum atomic E-state index is -3.60. The summed E-state index contributed by atoms with van der Waals surface area (Å²) in [6.07, 6.45) is 0.688. The average Bonchev–Trinajstić information content (AvgIpc) is 2.52. The molecule has 1 aromatic rings. The van der Waals surface area contributed by atoms with E-state index in [2.05, 4.69) is 10.6 Å². The fourth-order valence-corrected chi connectivity index (χ4v) is 3.29. The van der Waals surface area contributed by atoms with E-state index >= 15 is 0 Å². The zero-order valence-corrected chi connectivity index (χ0v) is 13.9. The zero-order chi connectivity index (χ0) is 17.0. The van der Waals surface area contributed by atoms with E-state index in [1.165, 1.54) is 18.2 Å². The van der Waals surface area contributed by atoms with E-state index in [9.17, 15) is 18.0 Å². The summed E-state index contributed by atoms with van der Waals surface area (Å²) >= 11 is 0. The number of sulfone groups is 1. The van der Waals surface area contributed by atoms with Crippen molar-refractivity contribution in [1.29, 1.82) is 0 Å². The predicted molar refractivity (Wildman–Crippen MR) is 85.1 cm³/mol. The number of rotatable bonds is 6. The van der Waals surface area contributed by atoms with Crippen LogP contribution in [0.5, 0.6) is 5.75 Å². The second-order valence-corrected chi connectivity index (χ2v) is 7.55. The maximum Gasteiger partial charge on any atom is 0.262 e. The molecule has 0 saturated carbocycles. The van der Waals surface area contributed by atoms with Crippen LogP contribution in [0, 0.1) is 0 Å². The molecule has 0 fully saturated rings. The van der Waals surface area contributed by atoms with Crippen molar-refractivity contribution in [2.75, 3.05) is 17.7 Å². The molecule has 1 heterocycles. The van der Waals surface area contributed by atoms with Gasteiger partial charge in [-0.05, 0) is 25.5 Å². The number of hydrogen-bond acceptors (Lipinski definition) is 5. The van der Waals surface area contributed by atoms with E-state index in [4.69, 9.17) is 4.74 Å². The van der Waals surface area contributed by atoms with Gasteiger partial charge in [0, 0.05) is 18.5 Å². The van der Waals surface area contributed by atoms with Crippen LogP contribution < -0.4 is 15.4 Å². The number of carbonyl (C=O) groups is 2. The SMILES string of the molecule is CCC(C)NC(=O)CCS(=O)(=O)c1ccc2c(c1)OCC(=O)N2. The Balaban J connectivity index is 2.05. The second kappa shape index (κ2) is 6.99. The van der Waals surface area contributed by atoms with Crippen LogP contribution in [0.4, 0.5) is 5.69 Å². The molecule has 2 amide bonds. The van der Waals surface area contributed by atoms with Crippen LogP contribution in [-0.4, -0.2) is 38.6 Å². The summed E-state index contributed by atoms with van der Waals surface area (Å²) in [6.45, 7) is 3.66. The summed E-state index contributed by atoms with van der Waals surface area (Å²) in [5.74, 6) is -0.533. The summed E-state index contributed by atoms with van der Waals surface area (Å²) < 4.78 is 29.8. The summed E-state index contributed by atoms with van der Waals surface area (Å²) in [7, 11) is -3.60. The first kappa shape index (κ1) is 17.3. The Morgan fingerprint density at radius 2 is 2.17 bits per heavy atom. The van der Waals surface area contributed by atoms with Crippen molar-refractivity contribution < 1.29 is 22.7 Å². The first-order valence-electron chi connectivity index (χ1n) is 7.40. The summed E-state index contributed by atoms with van der Waals surface area (Å²) in [4.78, 5) is 23.0. The maximum absolute atomic E-state index is 12.3. The molecular weight excluding hydrogens is 320 g/mol. The first-order chi connectivity index (χ1) is 10.8. The van der Waals surface area contributed by atoms with Crippen molar-refractivity contribution >= 4 is 27.3 Å². The lowest BCUT2D eigenvalue weighted by atomic mass is 10.2. The lowest BCUT2D eigenvalue weighted by molar-refractivity contribution is -0.121. The van der Waals surface area contributed by atoms with Gasteiger partial charge in [0.1, 0.15) is 5.75 Å². The molecule has 2 N–H and O–H groups in total. The highest BCUT2D eigenvalue weighted by molar-refractivity contribution is 7.91. The molecule has 1 aliphatic rings. The van der Waals surface area contributed by atoms with Crippen LogP contribution >= 0.6 is 0 Å². The molecule has 0 radical (unpaired) electrons. The molecule has 2 rings (SSSR count). The number of nitrogens with one attached hydrogen (secondary N) is 2. The highest BCUT2D eigenvalue weighted by atomic mass is 32.2. The number of amides is 2. The number of anilines is 1. The van der Waals surface area contributed by atoms with Crippen molar-refractivity contribution in [3.05, 3.63) is 18.2 Å². The minimum Gasteiger partial charge on any atom is -0.482 e. The first-order valence-corrected chi connectivity index (χ1v) is 9.06. The van der Waals surface area contributed by atoms with Gasteiger partial charge >= 0.3 is 0 Å². The Bertz CT molecular complexity index is 715. The molecule has 0 bridgehead atoms. The van der Waals surface area contributed by atoms with E-state index in [0.717, 1.165) is 6.42 Å². The third-order valence-electron chi connectivity index (χ3n) is 3.56. The highest BCUT2D eigenvalue weighted by Crippen LogP contribution is 2.30. The third kappa shape index (κ3) is 4.44. The molecule has 1 unspecified atom stereocenters. The van der Waals surface area contributed by atoms with Crippen molar-refractivity contribution in [1.82, 2.24) is 5.32 Å². The van der Waals surface area contributed by atoms with Gasteiger partial charge in [-0.25, -0.2) is 8.42 Å². The lowest BCUT2D eigenvalue weighted by Gasteiger charge is -2.18. The smallest absolute Gasteiger partial charge is 0.262 e. The van der Waals surface area contributed by atoms with E-state index in [-0.39, 0.29) is 41.5 Å². The van der Waals surface area contributed by atoms with Gasteiger partial charge in [0.2, 0.25) is 5.91 Å². The Hall–Kier alpha value is -2.09. The van der Waals surface area contributed by atoms with E-state index < -0.39 is 9.84 Å². The van der Waals surface area contributed by atoms with Crippen LogP contribution in [0.25, 0.3) is 0 Å². The van der Waals surface area contributed by atoms with Crippen LogP contribution in [-0.2, 0) is 19.4 Å². The van der Waals surface area contributed by atoms with Gasteiger partial charge in [-0.2, -0.15) is 0 Å². The molecule has 23 heavy (non-hydrogen) atoms. The van der Waals surface area contributed by atoms with Crippen molar-refractivity contribution in [3.63, 3.8) is 0 Å². The molecule has 1 aromatic carbocycles. The standard InChI is InChI=1S/C15H20N2O5S/c1-3-10(2)16-14(18)6-7-23(20,21)11-4-5-12-13(8-11)22-9-15(19)17-12/h4-5,8,10H,3,6-7,9H2,1-2H3,(H,16,18)(H,17,19). The van der Waals surface area contributed by atoms with Crippen molar-refractivity contribution in [3.8, 4) is 5.75 Å². The van der Waals surface area contributed by atoms with Crippen LogP contribution in [0.15, 0.2) is 23.1 Å². The molecule has 8 heteroatoms. The van der Waals surface area contributed by atoms with Gasteiger partial charge in [0.05, 0.1) is 16.3 Å². The van der Waals surface area contributed by atoms with Gasteiger partial charge in [0.25, 0.3) is 5.91 Å². The average molecular weight is 340 g/mol. The number of hydrogen-bond donors (Lipinski definition) is 2. The van der Waals surface area contributed by atoms with Crippen molar-refractivity contribution in [2.24, 2.45) is 0 Å². The number of ether oxygens (including phenoxy) is 1. The van der Waals surface area contributed by atoms with E-state index in [0.29, 0.717) is 11.4 Å². The van der Waals surface area contributed by atoms with Gasteiger partial charge in [-0.1, -0.05) is 6.92 Å². The van der Waals surface area contributed by atoms with Gasteiger partial charge < -0.3 is 15.4 Å². The monoisotopic (exact) mass is 340 g/mol. The number of fused-ring (bicyclic) bond motifs is 1. The molecule has 1 atom stereocenters. The Kier molecular flexibility index (Phi) is 5.25. The lowest BCUT2D eigenvalue weighted by Crippen LogP contribution is -2.33. The Morgan fingerprint density at radius 1 is 1.43 bits per heavy atom. The number of benzene rings is 1. The quantitative estimate of drug-likeness (QED) is 0.807. The molecule has 0 aliphatic carbocycles. The second-order valence-electron chi connectivity index (χ2n) is 5.44. The highest BCUT2D eigenvalue weighted by Gasteiger charge is 2.22. The molecule has 0 spiro atoms. The molecule has 1 aliphatic heterocycles. The van der Waals surface area contributed by atoms with Gasteiger partial charge in [-0.3, -0.25) is 9.59 Å². The number of carbonyl (C=O) groups excluding carboxylic acids is 2. The zero-order valence-electron chi connectivity index (χ0n) is 13.1. The van der Waals surface area contributed by atoms with Crippen molar-refractivity contribution in [2.45, 2.75) is 37.6 Å². The maximum atomic E-state index is 12.3. The Morgan fingerprint density at radius 3 is 2.87 bits per heavy atom. The predicted octanol–water partition coefficient (Wildman–Crippen LogP) is 1.10. The molecule has 0 aromatic heterocycles. The topological polar surface area (TPSA) is 102 Å². The summed E-state index contributed by atoms with van der Waals surface area (Å²) in [5.41, 5.74) is 0.440. The third-order valence-corrected chi connectivity index (χ3v) is 5.28. The van der Waals surface area contributed by atoms with E-state index in [1.54, 1.807) is 0 Å². The molecule has 126 valence electrons. The summed E-state index contributed by atoms with van der Waals surface area (Å²) in [6, 6.07) is 4.27. The molecule has 0 saturated heterocycles. The van der Waals surface area contributed by atoms with Crippen LogP contribution in [0.3, 0.4) is 0 Å². The van der Waals surface area contributed by atoms with Crippen LogP contribution in [0.1, 0.15) is 26.7 Å². The fourth-order valence-electron chi connectivity index (χ4n) is 2.04. The normalized spacial score (nSPS) is 15.1. The molecule has 7 nitrogen and oxygen atoms in total. The van der Waals surface area contributed by atoms with Gasteiger partial charge in [0.15, 0.2) is 16.4 Å². The minimum absolute atomic E-state index is 0.0194. The van der Waals surface area contributed by atoms with E-state index in [1.807, 2.05) is 13.8 Å². The van der Waals surface area contributed by atoms with Gasteiger partial charge in [-0.15, -0.1) is 0 Å².